The van der Waals surface area contributed by atoms with E-state index in [0.717, 1.165) is 0 Å². The molecule has 1 aromatic carbocycles. The predicted octanol–water partition coefficient (Wildman–Crippen LogP) is 3.02. The topological polar surface area (TPSA) is 58.5 Å². The second-order valence-electron chi connectivity index (χ2n) is 5.82. The molecule has 0 saturated carbocycles. The summed E-state index contributed by atoms with van der Waals surface area (Å²) in [5, 5.41) is 0. The minimum atomic E-state index is -4.42. The summed E-state index contributed by atoms with van der Waals surface area (Å²) in [6.07, 6.45) is 0.451. The van der Waals surface area contributed by atoms with Crippen molar-refractivity contribution in [3.63, 3.8) is 0 Å². The zero-order valence-electron chi connectivity index (χ0n) is 12.1. The third-order valence-electron chi connectivity index (χ3n) is 4.28. The van der Waals surface area contributed by atoms with Crippen molar-refractivity contribution in [3.8, 4) is 0 Å². The number of allylic oxidation sites excluding steroid dienone is 1. The number of hydrogen-bond donors (Lipinski definition) is 1. The highest BCUT2D eigenvalue weighted by Gasteiger charge is 2.49. The average molecular weight is 352 g/mol. The molecule has 2 bridgehead atoms. The molecule has 1 atom stereocenters. The lowest BCUT2D eigenvalue weighted by molar-refractivity contribution is -0.123. The van der Waals surface area contributed by atoms with Gasteiger partial charge in [0, 0.05) is 6.21 Å². The number of hydrogen-bond acceptors (Lipinski definition) is 2. The Bertz CT molecular complexity index is 971. The second-order valence-corrected chi connectivity index (χ2v) is 7.19. The van der Waals surface area contributed by atoms with Crippen LogP contribution in [0.5, 0.6) is 0 Å². The van der Waals surface area contributed by atoms with Crippen LogP contribution in [-0.4, -0.2) is 26.3 Å². The molecular formula is C16H11F3N2O2S. The van der Waals surface area contributed by atoms with Gasteiger partial charge in [0.15, 0.2) is 0 Å². The van der Waals surface area contributed by atoms with Gasteiger partial charge in [-0.1, -0.05) is 36.4 Å². The summed E-state index contributed by atoms with van der Waals surface area (Å²) in [6, 6.07) is 6.72. The number of alkyl halides is 3. The van der Waals surface area contributed by atoms with Crippen LogP contribution in [0.25, 0.3) is 11.6 Å². The number of nitrogens with zero attached hydrogens (tertiary/aromatic N) is 1. The first kappa shape index (κ1) is 15.3. The van der Waals surface area contributed by atoms with Crippen LogP contribution in [0.2, 0.25) is 0 Å². The third-order valence-corrected chi connectivity index (χ3v) is 5.25. The van der Waals surface area contributed by atoms with Gasteiger partial charge in [-0.05, 0) is 33.9 Å². The molecular weight excluding hydrogens is 341 g/mol. The first-order chi connectivity index (χ1) is 11.2. The molecule has 0 amide bonds. The predicted molar refractivity (Wildman–Crippen MR) is 84.4 cm³/mol. The summed E-state index contributed by atoms with van der Waals surface area (Å²) in [4.78, 5) is 0. The number of fused-ring (bicyclic) bond motifs is 1. The molecule has 2 aliphatic carbocycles. The maximum Gasteiger partial charge on any atom is 0.393 e. The van der Waals surface area contributed by atoms with Crippen molar-refractivity contribution in [1.82, 2.24) is 4.72 Å². The molecule has 1 aromatic rings. The van der Waals surface area contributed by atoms with Crippen molar-refractivity contribution >= 4 is 28.1 Å². The van der Waals surface area contributed by atoms with Crippen molar-refractivity contribution in [3.05, 3.63) is 58.7 Å². The molecule has 4 nitrogen and oxygen atoms in total. The number of nitrogens with one attached hydrogen (secondary N) is 1. The summed E-state index contributed by atoms with van der Waals surface area (Å²) in [6.45, 7) is 0. The van der Waals surface area contributed by atoms with Gasteiger partial charge in [0.1, 0.15) is 5.54 Å². The Morgan fingerprint density at radius 3 is 2.58 bits per heavy atom. The zero-order chi connectivity index (χ0) is 17.2. The summed E-state index contributed by atoms with van der Waals surface area (Å²) in [5.41, 5.74) is 0.563. The van der Waals surface area contributed by atoms with E-state index in [4.69, 9.17) is 0 Å². The van der Waals surface area contributed by atoms with E-state index in [-0.39, 0.29) is 11.1 Å². The van der Waals surface area contributed by atoms with Crippen LogP contribution >= 0.6 is 0 Å². The first-order valence-corrected chi connectivity index (χ1v) is 8.55. The van der Waals surface area contributed by atoms with Crippen LogP contribution in [0.15, 0.2) is 52.0 Å². The van der Waals surface area contributed by atoms with Crippen molar-refractivity contribution in [2.75, 3.05) is 0 Å². The van der Waals surface area contributed by atoms with E-state index in [1.807, 2.05) is 0 Å². The zero-order valence-corrected chi connectivity index (χ0v) is 12.9. The Kier molecular flexibility index (Phi) is 2.99. The molecule has 0 aromatic heterocycles. The number of benzene rings is 1. The van der Waals surface area contributed by atoms with E-state index in [1.54, 1.807) is 36.4 Å². The van der Waals surface area contributed by atoms with Crippen LogP contribution in [-0.2, 0) is 10.2 Å². The smallest absolute Gasteiger partial charge is 0.187 e. The first-order valence-electron chi connectivity index (χ1n) is 7.11. The fourth-order valence-corrected chi connectivity index (χ4v) is 4.39. The molecule has 3 aliphatic rings. The van der Waals surface area contributed by atoms with Gasteiger partial charge in [0.05, 0.1) is 6.42 Å². The molecule has 24 heavy (non-hydrogen) atoms. The van der Waals surface area contributed by atoms with Gasteiger partial charge in [0.2, 0.25) is 0 Å². The van der Waals surface area contributed by atoms with Crippen molar-refractivity contribution in [2.45, 2.75) is 18.1 Å². The molecule has 124 valence electrons. The van der Waals surface area contributed by atoms with Crippen molar-refractivity contribution in [2.24, 2.45) is 4.40 Å². The molecule has 1 spiro atoms. The van der Waals surface area contributed by atoms with E-state index in [1.165, 1.54) is 12.3 Å². The maximum atomic E-state index is 13.2. The molecule has 8 heteroatoms. The maximum absolute atomic E-state index is 13.2. The summed E-state index contributed by atoms with van der Waals surface area (Å²) < 4.78 is 68.9. The van der Waals surface area contributed by atoms with Gasteiger partial charge in [-0.2, -0.15) is 30.7 Å². The lowest BCUT2D eigenvalue weighted by Crippen LogP contribution is -2.45. The fraction of sp³-hybridized carbons (Fsp3) is 0.188. The normalized spacial score (nSPS) is 26.7. The minimum absolute atomic E-state index is 0.0501. The van der Waals surface area contributed by atoms with Crippen LogP contribution < -0.4 is 4.72 Å². The molecule has 0 radical (unpaired) electrons. The Morgan fingerprint density at radius 2 is 1.92 bits per heavy atom. The highest BCUT2D eigenvalue weighted by molar-refractivity contribution is 7.88. The van der Waals surface area contributed by atoms with Crippen LogP contribution in [0.3, 0.4) is 0 Å². The van der Waals surface area contributed by atoms with E-state index in [9.17, 15) is 21.6 Å². The molecule has 1 heterocycles. The van der Waals surface area contributed by atoms with E-state index in [2.05, 4.69) is 9.12 Å². The Labute approximate surface area is 136 Å². The summed E-state index contributed by atoms with van der Waals surface area (Å²) >= 11 is 0. The summed E-state index contributed by atoms with van der Waals surface area (Å²) in [5.74, 6) is 0. The SMILES string of the molecule is O=S1(=O)N=CC2(N1)C1=Cc3ccccc3C(CC(F)(F)F)=C2C=C1. The van der Waals surface area contributed by atoms with Gasteiger partial charge < -0.3 is 0 Å². The molecule has 1 unspecified atom stereocenters. The minimum Gasteiger partial charge on any atom is -0.187 e. The van der Waals surface area contributed by atoms with Crippen LogP contribution in [0, 0.1) is 0 Å². The van der Waals surface area contributed by atoms with Gasteiger partial charge in [-0.15, -0.1) is 0 Å². The number of rotatable bonds is 1. The highest BCUT2D eigenvalue weighted by atomic mass is 32.2. The molecule has 0 fully saturated rings. The van der Waals surface area contributed by atoms with Crippen molar-refractivity contribution in [1.29, 1.82) is 0 Å². The van der Waals surface area contributed by atoms with Gasteiger partial charge in [0.25, 0.3) is 0 Å². The highest BCUT2D eigenvalue weighted by Crippen LogP contribution is 2.47. The van der Waals surface area contributed by atoms with E-state index in [0.29, 0.717) is 16.7 Å². The quantitative estimate of drug-likeness (QED) is 0.845. The van der Waals surface area contributed by atoms with Crippen LogP contribution in [0.4, 0.5) is 13.2 Å². The molecule has 4 rings (SSSR count). The van der Waals surface area contributed by atoms with Crippen molar-refractivity contribution < 1.29 is 21.6 Å². The largest absolute Gasteiger partial charge is 0.393 e. The van der Waals surface area contributed by atoms with Gasteiger partial charge in [-0.3, -0.25) is 0 Å². The monoisotopic (exact) mass is 352 g/mol. The fourth-order valence-electron chi connectivity index (χ4n) is 3.36. The molecule has 0 saturated heterocycles. The Morgan fingerprint density at radius 1 is 1.17 bits per heavy atom. The average Bonchev–Trinajstić information content (AvgIpc) is 2.93. The van der Waals surface area contributed by atoms with E-state index < -0.39 is 28.3 Å². The standard InChI is InChI=1S/C16H11F3N2O2S/c17-16(18,19)8-13-12-4-2-1-3-10(12)7-11-5-6-14(13)15(11)9-20-24(22,23)21-15/h1-7,9,21H,8H2. The lowest BCUT2D eigenvalue weighted by atomic mass is 9.86. The van der Waals surface area contributed by atoms with E-state index >= 15 is 0 Å². The second kappa shape index (κ2) is 4.67. The number of halogens is 3. The lowest BCUT2D eigenvalue weighted by Gasteiger charge is -2.25. The molecule has 1 aliphatic heterocycles. The Hall–Kier alpha value is -2.19. The Balaban J connectivity index is 2.02. The summed E-state index contributed by atoms with van der Waals surface area (Å²) in [7, 11) is -3.93. The third kappa shape index (κ3) is 2.25. The van der Waals surface area contributed by atoms with Gasteiger partial charge in [-0.25, -0.2) is 0 Å². The molecule has 1 N–H and O–H groups in total. The van der Waals surface area contributed by atoms with Crippen LogP contribution in [0.1, 0.15) is 17.5 Å². The van der Waals surface area contributed by atoms with Gasteiger partial charge >= 0.3 is 16.4 Å².